The lowest BCUT2D eigenvalue weighted by molar-refractivity contribution is 0.598. The average Bonchev–Trinajstić information content (AvgIpc) is 2.06. The Bertz CT molecular complexity index is 404. The highest BCUT2D eigenvalue weighted by Crippen LogP contribution is 2.09. The maximum Gasteiger partial charge on any atom is 0.291 e. The molecule has 1 rings (SSSR count). The standard InChI is InChI=1S/C7H6N2O2S/c8-6-9-12(10,11)7-4-2-1-3-5-7/h1-5,8H. The monoisotopic (exact) mass is 182 g/mol. The van der Waals surface area contributed by atoms with Gasteiger partial charge in [0.15, 0.2) is 0 Å². The number of nitrogens with one attached hydrogen (secondary N) is 1. The summed E-state index contributed by atoms with van der Waals surface area (Å²) in [7, 11) is -3.68. The van der Waals surface area contributed by atoms with Crippen LogP contribution in [0.2, 0.25) is 0 Å². The average molecular weight is 182 g/mol. The number of sulfonamides is 1. The Hall–Kier alpha value is -1.45. The van der Waals surface area contributed by atoms with Gasteiger partial charge in [-0.3, -0.25) is 0 Å². The van der Waals surface area contributed by atoms with E-state index in [1.807, 2.05) is 0 Å². The summed E-state index contributed by atoms with van der Waals surface area (Å²) < 4.78 is 25.1. The van der Waals surface area contributed by atoms with Crippen molar-refractivity contribution in [3.63, 3.8) is 0 Å². The van der Waals surface area contributed by atoms with Gasteiger partial charge in [-0.25, -0.2) is 5.41 Å². The first-order valence-electron chi connectivity index (χ1n) is 3.10. The van der Waals surface area contributed by atoms with Gasteiger partial charge in [0.05, 0.1) is 4.90 Å². The Morgan fingerprint density at radius 2 is 1.83 bits per heavy atom. The third-order valence-corrected chi connectivity index (χ3v) is 2.41. The molecule has 0 aliphatic heterocycles. The molecule has 4 nitrogen and oxygen atoms in total. The number of nitrogens with zero attached hydrogens (tertiary/aromatic N) is 1. The van der Waals surface area contributed by atoms with Crippen molar-refractivity contribution in [1.29, 1.82) is 5.41 Å². The second kappa shape index (κ2) is 3.30. The molecule has 0 aliphatic rings. The molecule has 0 bridgehead atoms. The van der Waals surface area contributed by atoms with E-state index in [0.717, 1.165) is 0 Å². The number of hydrogen-bond donors (Lipinski definition) is 1. The van der Waals surface area contributed by atoms with Crippen LogP contribution in [0.15, 0.2) is 39.6 Å². The molecule has 0 aliphatic carbocycles. The van der Waals surface area contributed by atoms with Crippen molar-refractivity contribution in [1.82, 2.24) is 0 Å². The zero-order valence-electron chi connectivity index (χ0n) is 6.06. The molecule has 0 saturated heterocycles. The van der Waals surface area contributed by atoms with E-state index < -0.39 is 10.0 Å². The van der Waals surface area contributed by atoms with Gasteiger partial charge in [-0.15, -0.1) is 0 Å². The van der Waals surface area contributed by atoms with Gasteiger partial charge in [0.1, 0.15) is 6.01 Å². The van der Waals surface area contributed by atoms with Gasteiger partial charge in [0.25, 0.3) is 10.0 Å². The van der Waals surface area contributed by atoms with Crippen LogP contribution in [0.5, 0.6) is 0 Å². The Morgan fingerprint density at radius 1 is 1.25 bits per heavy atom. The molecular formula is C7H6N2O2S. The van der Waals surface area contributed by atoms with Gasteiger partial charge in [-0.1, -0.05) is 22.6 Å². The van der Waals surface area contributed by atoms with Crippen molar-refractivity contribution in [2.45, 2.75) is 4.90 Å². The highest BCUT2D eigenvalue weighted by atomic mass is 32.2. The predicted molar refractivity (Wildman–Crippen MR) is 43.8 cm³/mol. The molecule has 0 heterocycles. The molecule has 0 fully saturated rings. The van der Waals surface area contributed by atoms with Crippen molar-refractivity contribution in [3.05, 3.63) is 30.3 Å². The van der Waals surface area contributed by atoms with Crippen LogP contribution < -0.4 is 0 Å². The fourth-order valence-corrected chi connectivity index (χ4v) is 1.43. The molecule has 0 unspecified atom stereocenters. The molecule has 12 heavy (non-hydrogen) atoms. The summed E-state index contributed by atoms with van der Waals surface area (Å²) in [5.41, 5.74) is 0. The van der Waals surface area contributed by atoms with E-state index in [0.29, 0.717) is 0 Å². The van der Waals surface area contributed by atoms with Crippen LogP contribution in [-0.2, 0) is 10.0 Å². The van der Waals surface area contributed by atoms with E-state index in [4.69, 9.17) is 5.41 Å². The van der Waals surface area contributed by atoms with Crippen LogP contribution in [0.1, 0.15) is 0 Å². The topological polar surface area (TPSA) is 70.3 Å². The third-order valence-electron chi connectivity index (χ3n) is 1.21. The smallest absolute Gasteiger partial charge is 0.241 e. The molecule has 5 heteroatoms. The van der Waals surface area contributed by atoms with Crippen molar-refractivity contribution in [2.75, 3.05) is 0 Å². The zero-order valence-corrected chi connectivity index (χ0v) is 6.88. The maximum atomic E-state index is 11.1. The summed E-state index contributed by atoms with van der Waals surface area (Å²) in [6, 6.07) is 9.20. The molecule has 0 atom stereocenters. The number of hydrogen-bond acceptors (Lipinski definition) is 3. The van der Waals surface area contributed by atoms with Gasteiger partial charge in [-0.2, -0.15) is 8.42 Å². The van der Waals surface area contributed by atoms with Gasteiger partial charge in [-0.05, 0) is 12.1 Å². The Kier molecular flexibility index (Phi) is 2.38. The van der Waals surface area contributed by atoms with Crippen molar-refractivity contribution < 1.29 is 8.42 Å². The second-order valence-electron chi connectivity index (χ2n) is 1.99. The van der Waals surface area contributed by atoms with Crippen molar-refractivity contribution >= 4 is 16.0 Å². The van der Waals surface area contributed by atoms with Crippen LogP contribution >= 0.6 is 0 Å². The minimum Gasteiger partial charge on any atom is -0.241 e. The molecule has 62 valence electrons. The van der Waals surface area contributed by atoms with E-state index in [1.54, 1.807) is 18.2 Å². The number of rotatable bonds is 2. The van der Waals surface area contributed by atoms with Crippen LogP contribution in [0.3, 0.4) is 0 Å². The molecule has 0 spiro atoms. The third kappa shape index (κ3) is 1.78. The highest BCUT2D eigenvalue weighted by Gasteiger charge is 2.09. The van der Waals surface area contributed by atoms with Crippen molar-refractivity contribution in [2.24, 2.45) is 4.40 Å². The summed E-state index contributed by atoms with van der Waals surface area (Å²) in [5, 5.41) is 6.41. The minimum absolute atomic E-state index is 0.0738. The highest BCUT2D eigenvalue weighted by molar-refractivity contribution is 7.90. The summed E-state index contributed by atoms with van der Waals surface area (Å²) in [5.74, 6) is 0. The fraction of sp³-hybridized carbons (Fsp3) is 0. The molecule has 0 saturated carbocycles. The van der Waals surface area contributed by atoms with Gasteiger partial charge < -0.3 is 0 Å². The van der Waals surface area contributed by atoms with E-state index in [9.17, 15) is 8.42 Å². The Balaban J connectivity index is 3.25. The van der Waals surface area contributed by atoms with Crippen LogP contribution in [0, 0.1) is 5.41 Å². The lowest BCUT2D eigenvalue weighted by atomic mass is 10.4. The van der Waals surface area contributed by atoms with E-state index in [-0.39, 0.29) is 4.90 Å². The molecule has 1 aromatic carbocycles. The summed E-state index contributed by atoms with van der Waals surface area (Å²) in [4.78, 5) is 0.0738. The van der Waals surface area contributed by atoms with Crippen LogP contribution in [0.25, 0.3) is 0 Å². The van der Waals surface area contributed by atoms with Gasteiger partial charge in [0.2, 0.25) is 0 Å². The maximum absolute atomic E-state index is 11.1. The molecule has 0 amide bonds. The molecule has 0 aromatic heterocycles. The minimum atomic E-state index is -3.68. The molecule has 0 radical (unpaired) electrons. The first-order valence-corrected chi connectivity index (χ1v) is 4.54. The number of benzene rings is 1. The quantitative estimate of drug-likeness (QED) is 0.696. The van der Waals surface area contributed by atoms with E-state index >= 15 is 0 Å². The van der Waals surface area contributed by atoms with E-state index in [2.05, 4.69) is 4.40 Å². The summed E-state index contributed by atoms with van der Waals surface area (Å²) >= 11 is 0. The summed E-state index contributed by atoms with van der Waals surface area (Å²) in [6.07, 6.45) is 0. The zero-order chi connectivity index (χ0) is 9.03. The van der Waals surface area contributed by atoms with Crippen molar-refractivity contribution in [3.8, 4) is 0 Å². The van der Waals surface area contributed by atoms with Crippen LogP contribution in [0.4, 0.5) is 0 Å². The Labute approximate surface area is 70.1 Å². The second-order valence-corrected chi connectivity index (χ2v) is 3.60. The largest absolute Gasteiger partial charge is 0.291 e. The molecule has 1 aromatic rings. The van der Waals surface area contributed by atoms with Gasteiger partial charge >= 0.3 is 0 Å². The summed E-state index contributed by atoms with van der Waals surface area (Å²) in [6.45, 7) is 0. The normalized spacial score (nSPS) is 10.3. The SMILES string of the molecule is N=C=NS(=O)(=O)c1ccccc1. The molecule has 1 N–H and O–H groups in total. The van der Waals surface area contributed by atoms with Gasteiger partial charge in [0, 0.05) is 0 Å². The lowest BCUT2D eigenvalue weighted by Gasteiger charge is -1.93. The Morgan fingerprint density at radius 3 is 2.33 bits per heavy atom. The van der Waals surface area contributed by atoms with E-state index in [1.165, 1.54) is 18.1 Å². The first kappa shape index (κ1) is 8.64. The van der Waals surface area contributed by atoms with Crippen LogP contribution in [-0.4, -0.2) is 14.4 Å². The fourth-order valence-electron chi connectivity index (χ4n) is 0.705. The molecular weight excluding hydrogens is 176 g/mol. The first-order chi connectivity index (χ1) is 5.67. The lowest BCUT2D eigenvalue weighted by Crippen LogP contribution is -1.94. The predicted octanol–water partition coefficient (Wildman–Crippen LogP) is 1.13.